The highest BCUT2D eigenvalue weighted by Gasteiger charge is 2.46. The standard InChI is InChI=1S/C13H18N2O3S/c1-15(4-2-3-5-15)7-9-8-19-11-6-10(16)14(11)12(9)13(17)18/h11H,2-8H2,1H3/p+1/t11-/m1/s1. The van der Waals surface area contributed by atoms with Gasteiger partial charge in [-0.2, -0.15) is 0 Å². The molecule has 3 heterocycles. The lowest BCUT2D eigenvalue weighted by Gasteiger charge is -2.44. The first-order chi connectivity index (χ1) is 9.00. The lowest BCUT2D eigenvalue weighted by Crippen LogP contribution is -2.55. The second kappa shape index (κ2) is 4.52. The highest BCUT2D eigenvalue weighted by Crippen LogP contribution is 2.40. The van der Waals surface area contributed by atoms with Crippen molar-refractivity contribution in [3.63, 3.8) is 0 Å². The molecule has 0 radical (unpaired) electrons. The Kier molecular flexibility index (Phi) is 3.09. The minimum Gasteiger partial charge on any atom is -0.477 e. The summed E-state index contributed by atoms with van der Waals surface area (Å²) in [4.78, 5) is 24.7. The van der Waals surface area contributed by atoms with Gasteiger partial charge in [-0.25, -0.2) is 4.79 Å². The highest BCUT2D eigenvalue weighted by atomic mass is 32.2. The van der Waals surface area contributed by atoms with Crippen LogP contribution in [0.3, 0.4) is 0 Å². The number of likely N-dealkylation sites (N-methyl/N-ethyl adjacent to an activating group) is 1. The Bertz CT molecular complexity index is 469. The van der Waals surface area contributed by atoms with Gasteiger partial charge in [-0.15, -0.1) is 11.8 Å². The second-order valence-electron chi connectivity index (χ2n) is 5.92. The normalized spacial score (nSPS) is 29.2. The maximum Gasteiger partial charge on any atom is 0.352 e. The van der Waals surface area contributed by atoms with Crippen molar-refractivity contribution in [2.45, 2.75) is 24.6 Å². The van der Waals surface area contributed by atoms with E-state index in [9.17, 15) is 14.7 Å². The Morgan fingerprint density at radius 1 is 1.47 bits per heavy atom. The monoisotopic (exact) mass is 283 g/mol. The topological polar surface area (TPSA) is 57.6 Å². The number of hydrogen-bond donors (Lipinski definition) is 1. The summed E-state index contributed by atoms with van der Waals surface area (Å²) in [7, 11) is 2.19. The molecule has 0 aliphatic carbocycles. The van der Waals surface area contributed by atoms with Gasteiger partial charge in [0.05, 0.1) is 31.9 Å². The number of nitrogens with zero attached hydrogens (tertiary/aromatic N) is 2. The van der Waals surface area contributed by atoms with Crippen molar-refractivity contribution in [1.82, 2.24) is 4.90 Å². The maximum atomic E-state index is 11.7. The van der Waals surface area contributed by atoms with Crippen LogP contribution in [0.2, 0.25) is 0 Å². The molecule has 3 aliphatic rings. The summed E-state index contributed by atoms with van der Waals surface area (Å²) < 4.78 is 0.916. The summed E-state index contributed by atoms with van der Waals surface area (Å²) in [5.41, 5.74) is 1.21. The molecular weight excluding hydrogens is 264 g/mol. The van der Waals surface area contributed by atoms with Crippen molar-refractivity contribution < 1.29 is 19.2 Å². The van der Waals surface area contributed by atoms with E-state index in [1.165, 1.54) is 17.7 Å². The number of amides is 1. The van der Waals surface area contributed by atoms with Crippen molar-refractivity contribution >= 4 is 23.6 Å². The van der Waals surface area contributed by atoms with E-state index in [0.29, 0.717) is 6.42 Å². The van der Waals surface area contributed by atoms with Crippen LogP contribution >= 0.6 is 11.8 Å². The van der Waals surface area contributed by atoms with Gasteiger partial charge in [-0.3, -0.25) is 9.69 Å². The number of carboxylic acid groups (broad SMARTS) is 1. The summed E-state index contributed by atoms with van der Waals surface area (Å²) in [6.07, 6.45) is 2.91. The molecule has 3 aliphatic heterocycles. The van der Waals surface area contributed by atoms with Crippen LogP contribution in [-0.2, 0) is 9.59 Å². The van der Waals surface area contributed by atoms with E-state index >= 15 is 0 Å². The Labute approximate surface area is 116 Å². The zero-order valence-electron chi connectivity index (χ0n) is 11.1. The van der Waals surface area contributed by atoms with E-state index in [4.69, 9.17) is 0 Å². The van der Waals surface area contributed by atoms with Gasteiger partial charge >= 0.3 is 5.97 Å². The number of aliphatic carboxylic acids is 1. The highest BCUT2D eigenvalue weighted by molar-refractivity contribution is 8.00. The Hall–Kier alpha value is -1.01. The van der Waals surface area contributed by atoms with E-state index in [2.05, 4.69) is 7.05 Å². The van der Waals surface area contributed by atoms with Gasteiger partial charge in [0.1, 0.15) is 12.2 Å². The third kappa shape index (κ3) is 2.17. The number of likely N-dealkylation sites (tertiary alicyclic amines) is 1. The first-order valence-electron chi connectivity index (χ1n) is 6.73. The predicted molar refractivity (Wildman–Crippen MR) is 72.4 cm³/mol. The van der Waals surface area contributed by atoms with E-state index in [-0.39, 0.29) is 17.0 Å². The van der Waals surface area contributed by atoms with Crippen LogP contribution in [0.1, 0.15) is 19.3 Å². The van der Waals surface area contributed by atoms with Crippen LogP contribution in [-0.4, -0.2) is 64.2 Å². The van der Waals surface area contributed by atoms with E-state index in [1.54, 1.807) is 11.8 Å². The Morgan fingerprint density at radius 2 is 2.16 bits per heavy atom. The van der Waals surface area contributed by atoms with E-state index in [0.717, 1.165) is 35.4 Å². The number of carbonyl (C=O) groups is 2. The zero-order valence-corrected chi connectivity index (χ0v) is 11.9. The number of carboxylic acids is 1. The van der Waals surface area contributed by atoms with Gasteiger partial charge in [-0.05, 0) is 0 Å². The molecule has 2 fully saturated rings. The summed E-state index contributed by atoms with van der Waals surface area (Å²) in [5.74, 6) is -0.237. The number of β-lactam (4-membered cyclic amide) rings is 1. The summed E-state index contributed by atoms with van der Waals surface area (Å²) in [6.45, 7) is 2.99. The largest absolute Gasteiger partial charge is 0.477 e. The van der Waals surface area contributed by atoms with Crippen molar-refractivity contribution in [3.05, 3.63) is 11.3 Å². The summed E-state index contributed by atoms with van der Waals surface area (Å²) in [5, 5.41) is 9.50. The molecule has 0 aromatic heterocycles. The SMILES string of the molecule is C[N+]1(CC2=C(C(=O)O)N3C(=O)C[C@H]3SC2)CCCC1. The minimum atomic E-state index is -0.945. The molecule has 19 heavy (non-hydrogen) atoms. The molecule has 0 saturated carbocycles. The second-order valence-corrected chi connectivity index (χ2v) is 7.09. The van der Waals surface area contributed by atoms with Gasteiger partial charge in [0.25, 0.3) is 0 Å². The van der Waals surface area contributed by atoms with Crippen molar-refractivity contribution in [1.29, 1.82) is 0 Å². The van der Waals surface area contributed by atoms with Crippen molar-refractivity contribution in [3.8, 4) is 0 Å². The van der Waals surface area contributed by atoms with Crippen LogP contribution in [0, 0.1) is 0 Å². The van der Waals surface area contributed by atoms with Gasteiger partial charge in [0.2, 0.25) is 5.91 Å². The molecule has 0 unspecified atom stereocenters. The van der Waals surface area contributed by atoms with Gasteiger partial charge in [0.15, 0.2) is 0 Å². The summed E-state index contributed by atoms with van der Waals surface area (Å²) in [6, 6.07) is 0. The average Bonchev–Trinajstić information content (AvgIpc) is 2.75. The van der Waals surface area contributed by atoms with E-state index < -0.39 is 5.97 Å². The fraction of sp³-hybridized carbons (Fsp3) is 0.692. The average molecular weight is 283 g/mol. The number of fused-ring (bicyclic) bond motifs is 1. The Balaban J connectivity index is 1.89. The third-order valence-corrected chi connectivity index (χ3v) is 5.63. The molecule has 0 bridgehead atoms. The molecule has 0 aromatic rings. The fourth-order valence-electron chi connectivity index (χ4n) is 3.32. The number of rotatable bonds is 3. The van der Waals surface area contributed by atoms with Gasteiger partial charge < -0.3 is 9.59 Å². The lowest BCUT2D eigenvalue weighted by atomic mass is 10.1. The van der Waals surface area contributed by atoms with Gasteiger partial charge in [-0.1, -0.05) is 0 Å². The molecule has 0 aromatic carbocycles. The van der Waals surface area contributed by atoms with Crippen molar-refractivity contribution in [2.24, 2.45) is 0 Å². The smallest absolute Gasteiger partial charge is 0.352 e. The third-order valence-electron chi connectivity index (χ3n) is 4.35. The van der Waals surface area contributed by atoms with Crippen LogP contribution in [0.15, 0.2) is 11.3 Å². The number of carbonyl (C=O) groups excluding carboxylic acids is 1. The van der Waals surface area contributed by atoms with Crippen LogP contribution in [0.5, 0.6) is 0 Å². The lowest BCUT2D eigenvalue weighted by molar-refractivity contribution is -0.893. The molecule has 1 amide bonds. The van der Waals surface area contributed by atoms with E-state index in [1.807, 2.05) is 0 Å². The fourth-order valence-corrected chi connectivity index (χ4v) is 4.57. The molecule has 1 N–H and O–H groups in total. The summed E-state index contributed by atoms with van der Waals surface area (Å²) >= 11 is 1.70. The molecule has 6 heteroatoms. The maximum absolute atomic E-state index is 11.7. The predicted octanol–water partition coefficient (Wildman–Crippen LogP) is 0.871. The molecule has 1 atom stereocenters. The molecule has 104 valence electrons. The number of thioether (sulfide) groups is 1. The van der Waals surface area contributed by atoms with Crippen molar-refractivity contribution in [2.75, 3.05) is 32.4 Å². The number of hydrogen-bond acceptors (Lipinski definition) is 3. The molecule has 5 nitrogen and oxygen atoms in total. The van der Waals surface area contributed by atoms with Crippen LogP contribution in [0.4, 0.5) is 0 Å². The quantitative estimate of drug-likeness (QED) is 0.617. The molecule has 3 rings (SSSR count). The zero-order chi connectivity index (χ0) is 13.6. The molecular formula is C13H19N2O3S+. The number of quaternary nitrogens is 1. The molecule has 2 saturated heterocycles. The minimum absolute atomic E-state index is 0.0452. The Morgan fingerprint density at radius 3 is 2.74 bits per heavy atom. The first-order valence-corrected chi connectivity index (χ1v) is 7.78. The van der Waals surface area contributed by atoms with Crippen LogP contribution in [0.25, 0.3) is 0 Å². The van der Waals surface area contributed by atoms with Gasteiger partial charge in [0, 0.05) is 24.2 Å². The molecule has 0 spiro atoms. The van der Waals surface area contributed by atoms with Crippen LogP contribution < -0.4 is 0 Å². The first kappa shape index (κ1) is 13.0.